The van der Waals surface area contributed by atoms with Gasteiger partial charge in [-0.2, -0.15) is 0 Å². The zero-order chi connectivity index (χ0) is 13.3. The van der Waals surface area contributed by atoms with E-state index in [2.05, 4.69) is 27.7 Å². The van der Waals surface area contributed by atoms with Crippen molar-refractivity contribution < 1.29 is 9.47 Å². The van der Waals surface area contributed by atoms with E-state index in [9.17, 15) is 0 Å². The largest absolute Gasteiger partial charge is 0.384 e. The zero-order valence-corrected chi connectivity index (χ0v) is 12.7. The van der Waals surface area contributed by atoms with Gasteiger partial charge < -0.3 is 9.47 Å². The summed E-state index contributed by atoms with van der Waals surface area (Å²) in [7, 11) is 3.60. The van der Waals surface area contributed by atoms with E-state index in [-0.39, 0.29) is 5.41 Å². The highest BCUT2D eigenvalue weighted by molar-refractivity contribution is 4.84. The van der Waals surface area contributed by atoms with Crippen LogP contribution < -0.4 is 0 Å². The molecule has 0 heterocycles. The quantitative estimate of drug-likeness (QED) is 0.575. The lowest BCUT2D eigenvalue weighted by Gasteiger charge is -2.38. The molecule has 0 saturated heterocycles. The predicted octanol–water partition coefficient (Wildman–Crippen LogP) is 4.14. The number of hydrogen-bond donors (Lipinski definition) is 0. The highest BCUT2D eigenvalue weighted by Gasteiger charge is 2.35. The smallest absolute Gasteiger partial charge is 0.0543 e. The molecule has 0 aromatic rings. The van der Waals surface area contributed by atoms with Crippen LogP contribution in [0.15, 0.2) is 0 Å². The van der Waals surface area contributed by atoms with Gasteiger partial charge in [-0.1, -0.05) is 47.0 Å². The summed E-state index contributed by atoms with van der Waals surface area (Å²) in [6.45, 7) is 10.8. The number of ether oxygens (including phenoxy) is 2. The van der Waals surface area contributed by atoms with E-state index < -0.39 is 0 Å². The molecule has 0 aliphatic rings. The summed E-state index contributed by atoms with van der Waals surface area (Å²) in [5.74, 6) is 1.44. The molecular formula is C15H32O2. The van der Waals surface area contributed by atoms with E-state index in [4.69, 9.17) is 9.47 Å². The minimum absolute atomic E-state index is 0.196. The van der Waals surface area contributed by atoms with Crippen molar-refractivity contribution in [3.05, 3.63) is 0 Å². The highest BCUT2D eigenvalue weighted by atomic mass is 16.5. The van der Waals surface area contributed by atoms with Gasteiger partial charge in [0.15, 0.2) is 0 Å². The van der Waals surface area contributed by atoms with E-state index in [0.717, 1.165) is 19.1 Å². The van der Waals surface area contributed by atoms with Crippen molar-refractivity contribution in [1.29, 1.82) is 0 Å². The van der Waals surface area contributed by atoms with Gasteiger partial charge in [0.05, 0.1) is 13.2 Å². The second-order valence-corrected chi connectivity index (χ2v) is 5.59. The maximum Gasteiger partial charge on any atom is 0.0543 e. The Balaban J connectivity index is 4.64. The zero-order valence-electron chi connectivity index (χ0n) is 12.7. The van der Waals surface area contributed by atoms with Gasteiger partial charge in [-0.15, -0.1) is 0 Å². The lowest BCUT2D eigenvalue weighted by atomic mass is 9.71. The fourth-order valence-corrected chi connectivity index (χ4v) is 2.46. The van der Waals surface area contributed by atoms with Gasteiger partial charge in [0.25, 0.3) is 0 Å². The summed E-state index contributed by atoms with van der Waals surface area (Å²) in [5.41, 5.74) is 0.196. The van der Waals surface area contributed by atoms with E-state index in [0.29, 0.717) is 5.92 Å². The molecule has 0 rings (SSSR count). The maximum absolute atomic E-state index is 5.47. The van der Waals surface area contributed by atoms with Crippen LogP contribution in [0, 0.1) is 17.3 Å². The van der Waals surface area contributed by atoms with Crippen molar-refractivity contribution in [1.82, 2.24) is 0 Å². The van der Waals surface area contributed by atoms with Gasteiger partial charge in [-0.05, 0) is 18.3 Å². The summed E-state index contributed by atoms with van der Waals surface area (Å²) in [5, 5.41) is 0. The molecule has 0 aromatic carbocycles. The van der Waals surface area contributed by atoms with Crippen LogP contribution in [0.2, 0.25) is 0 Å². The first-order valence-electron chi connectivity index (χ1n) is 7.04. The van der Waals surface area contributed by atoms with Crippen LogP contribution in [-0.4, -0.2) is 27.4 Å². The Morgan fingerprint density at radius 2 is 1.47 bits per heavy atom. The molecule has 2 heteroatoms. The lowest BCUT2D eigenvalue weighted by molar-refractivity contribution is -0.0353. The van der Waals surface area contributed by atoms with E-state index in [1.807, 2.05) is 0 Å². The first-order chi connectivity index (χ1) is 8.06. The Morgan fingerprint density at radius 1 is 0.941 bits per heavy atom. The second-order valence-electron chi connectivity index (χ2n) is 5.59. The Kier molecular flexibility index (Phi) is 8.89. The van der Waals surface area contributed by atoms with Crippen LogP contribution in [-0.2, 0) is 9.47 Å². The molecule has 0 bridgehead atoms. The minimum atomic E-state index is 0.196. The van der Waals surface area contributed by atoms with Crippen molar-refractivity contribution in [3.63, 3.8) is 0 Å². The van der Waals surface area contributed by atoms with Crippen LogP contribution in [0.25, 0.3) is 0 Å². The molecule has 104 valence electrons. The van der Waals surface area contributed by atoms with Crippen molar-refractivity contribution in [2.75, 3.05) is 27.4 Å². The first kappa shape index (κ1) is 16.9. The molecular weight excluding hydrogens is 212 g/mol. The van der Waals surface area contributed by atoms with Gasteiger partial charge in [-0.3, -0.25) is 0 Å². The summed E-state index contributed by atoms with van der Waals surface area (Å²) in [6.07, 6.45) is 4.93. The first-order valence-corrected chi connectivity index (χ1v) is 7.04. The molecule has 2 nitrogen and oxygen atoms in total. The van der Waals surface area contributed by atoms with Crippen molar-refractivity contribution >= 4 is 0 Å². The number of rotatable bonds is 10. The molecule has 0 N–H and O–H groups in total. The monoisotopic (exact) mass is 244 g/mol. The standard InChI is InChI=1S/C15H32O2/c1-7-13(3)9-10-15(11-16-5,12-17-6)14(4)8-2/h13-14H,7-12H2,1-6H3. The molecule has 0 fully saturated rings. The van der Waals surface area contributed by atoms with Crippen LogP contribution in [0.1, 0.15) is 53.4 Å². The molecule has 17 heavy (non-hydrogen) atoms. The SMILES string of the molecule is CCC(C)CCC(COC)(COC)C(C)CC. The average molecular weight is 244 g/mol. The van der Waals surface area contributed by atoms with Crippen molar-refractivity contribution in [2.45, 2.75) is 53.4 Å². The van der Waals surface area contributed by atoms with Gasteiger partial charge in [0.2, 0.25) is 0 Å². The van der Waals surface area contributed by atoms with Gasteiger partial charge in [0.1, 0.15) is 0 Å². The van der Waals surface area contributed by atoms with Crippen LogP contribution in [0.4, 0.5) is 0 Å². The van der Waals surface area contributed by atoms with Gasteiger partial charge in [0, 0.05) is 19.6 Å². The average Bonchev–Trinajstić information content (AvgIpc) is 2.34. The number of methoxy groups -OCH3 is 2. The summed E-state index contributed by atoms with van der Waals surface area (Å²) < 4.78 is 10.9. The minimum Gasteiger partial charge on any atom is -0.384 e. The maximum atomic E-state index is 5.47. The molecule has 2 unspecified atom stereocenters. The molecule has 0 amide bonds. The Morgan fingerprint density at radius 3 is 1.82 bits per heavy atom. The molecule has 0 aliphatic heterocycles. The van der Waals surface area contributed by atoms with E-state index >= 15 is 0 Å². The lowest BCUT2D eigenvalue weighted by Crippen LogP contribution is -2.38. The Labute approximate surface area is 108 Å². The molecule has 0 radical (unpaired) electrons. The normalized spacial score (nSPS) is 15.9. The van der Waals surface area contributed by atoms with Crippen LogP contribution >= 0.6 is 0 Å². The molecule has 2 atom stereocenters. The van der Waals surface area contributed by atoms with Crippen LogP contribution in [0.3, 0.4) is 0 Å². The molecule has 0 aliphatic carbocycles. The van der Waals surface area contributed by atoms with Crippen LogP contribution in [0.5, 0.6) is 0 Å². The number of hydrogen-bond acceptors (Lipinski definition) is 2. The third-order valence-corrected chi connectivity index (χ3v) is 4.35. The fourth-order valence-electron chi connectivity index (χ4n) is 2.46. The van der Waals surface area contributed by atoms with E-state index in [1.165, 1.54) is 25.7 Å². The highest BCUT2D eigenvalue weighted by Crippen LogP contribution is 2.37. The Hall–Kier alpha value is -0.0800. The van der Waals surface area contributed by atoms with Crippen molar-refractivity contribution in [2.24, 2.45) is 17.3 Å². The molecule has 0 saturated carbocycles. The predicted molar refractivity (Wildman–Crippen MR) is 74.3 cm³/mol. The fraction of sp³-hybridized carbons (Fsp3) is 1.00. The third kappa shape index (κ3) is 5.39. The summed E-state index contributed by atoms with van der Waals surface area (Å²) in [6, 6.07) is 0. The van der Waals surface area contributed by atoms with Gasteiger partial charge in [-0.25, -0.2) is 0 Å². The molecule has 0 spiro atoms. The molecule has 0 aromatic heterocycles. The van der Waals surface area contributed by atoms with Crippen molar-refractivity contribution in [3.8, 4) is 0 Å². The van der Waals surface area contributed by atoms with Gasteiger partial charge >= 0.3 is 0 Å². The second kappa shape index (κ2) is 8.93. The third-order valence-electron chi connectivity index (χ3n) is 4.35. The van der Waals surface area contributed by atoms with E-state index in [1.54, 1.807) is 14.2 Å². The summed E-state index contributed by atoms with van der Waals surface area (Å²) in [4.78, 5) is 0. The Bertz CT molecular complexity index is 174. The summed E-state index contributed by atoms with van der Waals surface area (Å²) >= 11 is 0. The topological polar surface area (TPSA) is 18.5 Å².